The van der Waals surface area contributed by atoms with Crippen molar-refractivity contribution in [3.8, 4) is 0 Å². The second kappa shape index (κ2) is 9.08. The molecular weight excluding hydrogens is 396 g/mol. The van der Waals surface area contributed by atoms with Gasteiger partial charge < -0.3 is 10.2 Å². The lowest BCUT2D eigenvalue weighted by Gasteiger charge is -2.32. The van der Waals surface area contributed by atoms with Crippen molar-refractivity contribution >= 4 is 27.3 Å². The van der Waals surface area contributed by atoms with Crippen LogP contribution in [0.2, 0.25) is 0 Å². The Kier molecular flexibility index (Phi) is 6.74. The third kappa shape index (κ3) is 4.69. The van der Waals surface area contributed by atoms with Crippen molar-refractivity contribution in [2.75, 3.05) is 38.1 Å². The fourth-order valence-corrected chi connectivity index (χ4v) is 5.63. The van der Waals surface area contributed by atoms with Gasteiger partial charge in [-0.25, -0.2) is 8.42 Å². The highest BCUT2D eigenvalue weighted by Gasteiger charge is 2.31. The van der Waals surface area contributed by atoms with Gasteiger partial charge in [0.2, 0.25) is 15.9 Å². The number of carbonyl (C=O) groups excluding carboxylic acids is 1. The molecule has 1 aromatic carbocycles. The van der Waals surface area contributed by atoms with Gasteiger partial charge in [-0.2, -0.15) is 4.31 Å². The Balaban J connectivity index is 1.84. The standard InChI is InChI=1S/C19H28N4O5S/c1-20-19(24)15-8-12-21(13-9-15)17-7-6-16(14-18(17)23(25)26)29(27,28)22-10-4-2-3-5-11-22/h6-7,14-15H,2-5,8-13H2,1H3,(H,20,24). The van der Waals surface area contributed by atoms with Crippen LogP contribution in [0.15, 0.2) is 23.1 Å². The van der Waals surface area contributed by atoms with Crippen molar-refractivity contribution in [2.45, 2.75) is 43.4 Å². The predicted octanol–water partition coefficient (Wildman–Crippen LogP) is 2.12. The maximum absolute atomic E-state index is 13.0. The summed E-state index contributed by atoms with van der Waals surface area (Å²) in [5, 5.41) is 14.3. The summed E-state index contributed by atoms with van der Waals surface area (Å²) in [6.45, 7) is 1.92. The second-order valence-electron chi connectivity index (χ2n) is 7.60. The molecule has 2 aliphatic rings. The summed E-state index contributed by atoms with van der Waals surface area (Å²) in [6, 6.07) is 4.18. The van der Waals surface area contributed by atoms with E-state index >= 15 is 0 Å². The number of rotatable bonds is 5. The number of hydrogen-bond acceptors (Lipinski definition) is 6. The van der Waals surface area contributed by atoms with Crippen LogP contribution in [0.1, 0.15) is 38.5 Å². The largest absolute Gasteiger partial charge is 0.366 e. The number of nitro groups is 1. The summed E-state index contributed by atoms with van der Waals surface area (Å²) in [5.41, 5.74) is 0.194. The zero-order valence-corrected chi connectivity index (χ0v) is 17.5. The molecule has 2 fully saturated rings. The van der Waals surface area contributed by atoms with Gasteiger partial charge in [-0.3, -0.25) is 14.9 Å². The number of benzene rings is 1. The lowest BCUT2D eigenvalue weighted by molar-refractivity contribution is -0.384. The number of carbonyl (C=O) groups is 1. The summed E-state index contributed by atoms with van der Waals surface area (Å²) in [5.74, 6) is -0.115. The van der Waals surface area contributed by atoms with Crippen molar-refractivity contribution in [1.29, 1.82) is 0 Å². The van der Waals surface area contributed by atoms with Gasteiger partial charge >= 0.3 is 0 Å². The predicted molar refractivity (Wildman–Crippen MR) is 109 cm³/mol. The SMILES string of the molecule is CNC(=O)C1CCN(c2ccc(S(=O)(=O)N3CCCCCC3)cc2[N+](=O)[O-])CC1. The summed E-state index contributed by atoms with van der Waals surface area (Å²) < 4.78 is 27.4. The van der Waals surface area contributed by atoms with E-state index in [1.54, 1.807) is 7.05 Å². The summed E-state index contributed by atoms with van der Waals surface area (Å²) in [6.07, 6.45) is 4.81. The maximum atomic E-state index is 13.0. The average Bonchev–Trinajstić information content (AvgIpc) is 3.03. The molecule has 2 saturated heterocycles. The lowest BCUT2D eigenvalue weighted by atomic mass is 9.95. The van der Waals surface area contributed by atoms with Crippen molar-refractivity contribution in [2.24, 2.45) is 5.92 Å². The number of nitrogens with one attached hydrogen (secondary N) is 1. The molecule has 1 N–H and O–H groups in total. The van der Waals surface area contributed by atoms with Gasteiger partial charge in [-0.05, 0) is 37.8 Å². The number of sulfonamides is 1. The number of amides is 1. The molecule has 3 rings (SSSR count). The van der Waals surface area contributed by atoms with Gasteiger partial charge in [0.05, 0.1) is 9.82 Å². The summed E-state index contributed by atoms with van der Waals surface area (Å²) in [4.78, 5) is 24.8. The molecule has 2 aliphatic heterocycles. The molecule has 0 spiro atoms. The van der Waals surface area contributed by atoms with Gasteiger partial charge in [-0.1, -0.05) is 12.8 Å². The molecule has 160 valence electrons. The topological polar surface area (TPSA) is 113 Å². The van der Waals surface area contributed by atoms with E-state index < -0.39 is 14.9 Å². The summed E-state index contributed by atoms with van der Waals surface area (Å²) in [7, 11) is -2.15. The molecule has 2 heterocycles. The van der Waals surface area contributed by atoms with E-state index in [0.29, 0.717) is 44.7 Å². The van der Waals surface area contributed by atoms with Crippen LogP contribution in [0, 0.1) is 16.0 Å². The number of hydrogen-bond donors (Lipinski definition) is 1. The lowest BCUT2D eigenvalue weighted by Crippen LogP contribution is -2.39. The van der Waals surface area contributed by atoms with Gasteiger partial charge in [0.15, 0.2) is 0 Å². The highest BCUT2D eigenvalue weighted by atomic mass is 32.2. The van der Waals surface area contributed by atoms with Crippen LogP contribution in [-0.4, -0.2) is 56.8 Å². The average molecular weight is 425 g/mol. The first kappa shape index (κ1) is 21.5. The minimum atomic E-state index is -3.75. The Morgan fingerprint density at radius 1 is 1.10 bits per heavy atom. The highest BCUT2D eigenvalue weighted by Crippen LogP contribution is 2.34. The Morgan fingerprint density at radius 3 is 2.28 bits per heavy atom. The highest BCUT2D eigenvalue weighted by molar-refractivity contribution is 7.89. The Bertz CT molecular complexity index is 857. The Labute approximate surface area is 171 Å². The van der Waals surface area contributed by atoms with Gasteiger partial charge in [0.1, 0.15) is 5.69 Å². The molecule has 0 aromatic heterocycles. The second-order valence-corrected chi connectivity index (χ2v) is 9.54. The third-order valence-electron chi connectivity index (χ3n) is 5.80. The van der Waals surface area contributed by atoms with Gasteiger partial charge in [0.25, 0.3) is 5.69 Å². The number of piperidine rings is 1. The molecule has 0 bridgehead atoms. The first-order valence-corrected chi connectivity index (χ1v) is 11.5. The fraction of sp³-hybridized carbons (Fsp3) is 0.632. The van der Waals surface area contributed by atoms with Crippen molar-refractivity contribution < 1.29 is 18.1 Å². The smallest absolute Gasteiger partial charge is 0.293 e. The molecule has 9 nitrogen and oxygen atoms in total. The third-order valence-corrected chi connectivity index (χ3v) is 7.69. The van der Waals surface area contributed by atoms with Crippen LogP contribution in [-0.2, 0) is 14.8 Å². The fourth-order valence-electron chi connectivity index (χ4n) is 4.10. The molecule has 10 heteroatoms. The van der Waals surface area contributed by atoms with Crippen LogP contribution in [0.5, 0.6) is 0 Å². The Hall–Kier alpha value is -2.20. The van der Waals surface area contributed by atoms with Crippen LogP contribution in [0.3, 0.4) is 0 Å². The monoisotopic (exact) mass is 424 g/mol. The molecule has 1 aromatic rings. The first-order valence-electron chi connectivity index (χ1n) is 10.1. The molecule has 0 aliphatic carbocycles. The normalized spacial score (nSPS) is 19.6. The van der Waals surface area contributed by atoms with Crippen molar-refractivity contribution in [1.82, 2.24) is 9.62 Å². The molecular formula is C19H28N4O5S. The molecule has 29 heavy (non-hydrogen) atoms. The van der Waals surface area contributed by atoms with Crippen LogP contribution < -0.4 is 10.2 Å². The molecule has 1 amide bonds. The van der Waals surface area contributed by atoms with Crippen LogP contribution in [0.25, 0.3) is 0 Å². The van der Waals surface area contributed by atoms with Crippen molar-refractivity contribution in [3.05, 3.63) is 28.3 Å². The minimum Gasteiger partial charge on any atom is -0.366 e. The van der Waals surface area contributed by atoms with E-state index in [1.807, 2.05) is 4.90 Å². The van der Waals surface area contributed by atoms with E-state index in [4.69, 9.17) is 0 Å². The van der Waals surface area contributed by atoms with Gasteiger partial charge in [0, 0.05) is 45.2 Å². The van der Waals surface area contributed by atoms with E-state index in [9.17, 15) is 23.3 Å². The van der Waals surface area contributed by atoms with Crippen LogP contribution >= 0.6 is 0 Å². The van der Waals surface area contributed by atoms with Crippen LogP contribution in [0.4, 0.5) is 11.4 Å². The van der Waals surface area contributed by atoms with Crippen molar-refractivity contribution in [3.63, 3.8) is 0 Å². The van der Waals surface area contributed by atoms with Gasteiger partial charge in [-0.15, -0.1) is 0 Å². The minimum absolute atomic E-state index is 0.0157. The van der Waals surface area contributed by atoms with E-state index in [1.165, 1.54) is 22.5 Å². The summed E-state index contributed by atoms with van der Waals surface area (Å²) >= 11 is 0. The Morgan fingerprint density at radius 2 is 1.72 bits per heavy atom. The number of nitrogens with zero attached hydrogens (tertiary/aromatic N) is 3. The zero-order valence-electron chi connectivity index (χ0n) is 16.7. The number of anilines is 1. The maximum Gasteiger partial charge on any atom is 0.293 e. The molecule has 0 atom stereocenters. The first-order chi connectivity index (χ1) is 13.8. The number of nitro benzene ring substituents is 1. The molecule has 0 unspecified atom stereocenters. The molecule has 0 saturated carbocycles. The van der Waals surface area contributed by atoms with E-state index in [0.717, 1.165) is 25.7 Å². The van der Waals surface area contributed by atoms with E-state index in [-0.39, 0.29) is 22.4 Å². The molecule has 0 radical (unpaired) electrons. The van der Waals surface area contributed by atoms with E-state index in [2.05, 4.69) is 5.32 Å². The zero-order chi connectivity index (χ0) is 21.0. The quantitative estimate of drug-likeness (QED) is 0.572.